The van der Waals surface area contributed by atoms with Gasteiger partial charge in [-0.05, 0) is 23.6 Å². The number of aliphatic hydroxyl groups is 1. The number of rotatable bonds is 4. The van der Waals surface area contributed by atoms with Gasteiger partial charge in [-0.1, -0.05) is 17.8 Å². The van der Waals surface area contributed by atoms with E-state index >= 15 is 0 Å². The fourth-order valence-corrected chi connectivity index (χ4v) is 3.54. The first-order valence-electron chi connectivity index (χ1n) is 6.56. The minimum atomic E-state index is -0.862. The maximum Gasteiger partial charge on any atom is 0.188 e. The third kappa shape index (κ3) is 3.39. The van der Waals surface area contributed by atoms with Gasteiger partial charge in [0.1, 0.15) is 23.3 Å². The summed E-state index contributed by atoms with van der Waals surface area (Å²) >= 11 is 2.37. The van der Waals surface area contributed by atoms with Gasteiger partial charge in [0.05, 0.1) is 15.5 Å². The Morgan fingerprint density at radius 2 is 2.04 bits per heavy atom. The van der Waals surface area contributed by atoms with Crippen LogP contribution >= 0.6 is 23.1 Å². The highest BCUT2D eigenvalue weighted by Crippen LogP contribution is 2.31. The van der Waals surface area contributed by atoms with Gasteiger partial charge < -0.3 is 5.11 Å². The van der Waals surface area contributed by atoms with E-state index in [0.29, 0.717) is 11.5 Å². The van der Waals surface area contributed by atoms with E-state index in [-0.39, 0.29) is 10.5 Å². The lowest BCUT2D eigenvalue weighted by Gasteiger charge is -2.06. The topological polar surface area (TPSA) is 62.0 Å². The molecule has 1 aliphatic heterocycles. The number of carbonyl (C=O) groups is 1. The molecule has 0 radical (unpaired) electrons. The Kier molecular flexibility index (Phi) is 4.65. The van der Waals surface area contributed by atoms with E-state index in [2.05, 4.69) is 10.2 Å². The highest BCUT2D eigenvalue weighted by molar-refractivity contribution is 8.14. The molecule has 0 saturated carbocycles. The molecule has 3 rings (SSSR count). The molecule has 0 amide bonds. The standard InChI is InChI=1S/C15H10F2N2O2S2/c16-9-4-8(12(21)7-20)5-10(17)15(9)23-14-6-11(18-19-14)13-2-1-3-22-13/h1-5,20H,6-7H2. The molecule has 4 nitrogen and oxygen atoms in total. The molecule has 118 valence electrons. The maximum absolute atomic E-state index is 14.0. The second-order valence-corrected chi connectivity index (χ2v) is 6.68. The summed E-state index contributed by atoms with van der Waals surface area (Å²) in [5, 5.41) is 19.1. The number of nitrogens with zero attached hydrogens (tertiary/aromatic N) is 2. The molecular formula is C15H10F2N2O2S2. The normalized spacial score (nSPS) is 13.9. The SMILES string of the molecule is O=C(CO)c1cc(F)c(SC2=NN=C(c3cccs3)C2)c(F)c1. The molecule has 0 spiro atoms. The van der Waals surface area contributed by atoms with Crippen molar-refractivity contribution in [3.05, 3.63) is 51.7 Å². The Hall–Kier alpha value is -1.90. The highest BCUT2D eigenvalue weighted by atomic mass is 32.2. The van der Waals surface area contributed by atoms with Crippen molar-refractivity contribution in [1.29, 1.82) is 0 Å². The second-order valence-electron chi connectivity index (χ2n) is 4.65. The van der Waals surface area contributed by atoms with Crippen LogP contribution in [0.2, 0.25) is 0 Å². The molecule has 1 aliphatic rings. The number of carbonyl (C=O) groups excluding carboxylic acids is 1. The van der Waals surface area contributed by atoms with Crippen molar-refractivity contribution in [3.8, 4) is 0 Å². The van der Waals surface area contributed by atoms with Crippen LogP contribution in [-0.4, -0.2) is 28.3 Å². The van der Waals surface area contributed by atoms with Crippen molar-refractivity contribution in [2.75, 3.05) is 6.61 Å². The number of hydrogen-bond donors (Lipinski definition) is 1. The van der Waals surface area contributed by atoms with Crippen LogP contribution in [0.15, 0.2) is 44.7 Å². The number of hydrogen-bond acceptors (Lipinski definition) is 6. The minimum Gasteiger partial charge on any atom is -0.388 e. The molecule has 0 bridgehead atoms. The van der Waals surface area contributed by atoms with Crippen molar-refractivity contribution >= 4 is 39.6 Å². The summed E-state index contributed by atoms with van der Waals surface area (Å²) in [6, 6.07) is 5.63. The molecule has 0 saturated heterocycles. The number of benzene rings is 1. The van der Waals surface area contributed by atoms with E-state index in [1.54, 1.807) is 0 Å². The lowest BCUT2D eigenvalue weighted by molar-refractivity contribution is 0.0902. The average Bonchev–Trinajstić information content (AvgIpc) is 3.20. The van der Waals surface area contributed by atoms with Gasteiger partial charge in [0.2, 0.25) is 0 Å². The first-order chi connectivity index (χ1) is 11.1. The van der Waals surface area contributed by atoms with E-state index in [1.807, 2.05) is 17.5 Å². The number of ketones is 1. The molecule has 8 heteroatoms. The van der Waals surface area contributed by atoms with Crippen molar-refractivity contribution in [3.63, 3.8) is 0 Å². The van der Waals surface area contributed by atoms with E-state index in [4.69, 9.17) is 5.11 Å². The third-order valence-electron chi connectivity index (χ3n) is 3.09. The molecule has 2 heterocycles. The Balaban J connectivity index is 1.76. The van der Waals surface area contributed by atoms with E-state index in [1.165, 1.54) is 11.3 Å². The maximum atomic E-state index is 14.0. The first kappa shape index (κ1) is 16.0. The van der Waals surface area contributed by atoms with Gasteiger partial charge in [-0.2, -0.15) is 5.10 Å². The van der Waals surface area contributed by atoms with Crippen molar-refractivity contribution < 1.29 is 18.7 Å². The summed E-state index contributed by atoms with van der Waals surface area (Å²) in [5.74, 6) is -2.46. The van der Waals surface area contributed by atoms with E-state index in [9.17, 15) is 13.6 Å². The lowest BCUT2D eigenvalue weighted by Crippen LogP contribution is -2.07. The number of thiophene rings is 1. The monoisotopic (exact) mass is 352 g/mol. The molecule has 23 heavy (non-hydrogen) atoms. The van der Waals surface area contributed by atoms with Crippen molar-refractivity contribution in [2.24, 2.45) is 10.2 Å². The van der Waals surface area contributed by atoms with Crippen LogP contribution in [-0.2, 0) is 0 Å². The fraction of sp³-hybridized carbons (Fsp3) is 0.133. The van der Waals surface area contributed by atoms with Crippen LogP contribution in [0.3, 0.4) is 0 Å². The predicted octanol–water partition coefficient (Wildman–Crippen LogP) is 3.50. The van der Waals surface area contributed by atoms with Crippen LogP contribution in [0.1, 0.15) is 21.7 Å². The third-order valence-corrected chi connectivity index (χ3v) is 5.06. The van der Waals surface area contributed by atoms with Gasteiger partial charge in [0, 0.05) is 12.0 Å². The van der Waals surface area contributed by atoms with Gasteiger partial charge in [-0.15, -0.1) is 16.4 Å². The van der Waals surface area contributed by atoms with Gasteiger partial charge in [0.15, 0.2) is 5.78 Å². The number of Topliss-reactive ketones (excluding diaryl/α,β-unsaturated/α-hetero) is 1. The van der Waals surface area contributed by atoms with Gasteiger partial charge in [0.25, 0.3) is 0 Å². The Morgan fingerprint density at radius 3 is 2.65 bits per heavy atom. The van der Waals surface area contributed by atoms with E-state index in [0.717, 1.165) is 34.5 Å². The minimum absolute atomic E-state index is 0.198. The molecule has 0 aliphatic carbocycles. The van der Waals surface area contributed by atoms with Crippen molar-refractivity contribution in [1.82, 2.24) is 0 Å². The zero-order chi connectivity index (χ0) is 16.4. The van der Waals surface area contributed by atoms with Crippen LogP contribution in [0, 0.1) is 11.6 Å². The zero-order valence-electron chi connectivity index (χ0n) is 11.6. The predicted molar refractivity (Wildman–Crippen MR) is 86.5 cm³/mol. The quantitative estimate of drug-likeness (QED) is 0.857. The highest BCUT2D eigenvalue weighted by Gasteiger charge is 2.21. The lowest BCUT2D eigenvalue weighted by atomic mass is 10.1. The fourth-order valence-electron chi connectivity index (χ4n) is 1.99. The molecule has 0 fully saturated rings. The summed E-state index contributed by atoms with van der Waals surface area (Å²) < 4.78 is 28.1. The summed E-state index contributed by atoms with van der Waals surface area (Å²) in [5.41, 5.74) is 0.561. The van der Waals surface area contributed by atoms with Crippen LogP contribution in [0.25, 0.3) is 0 Å². The van der Waals surface area contributed by atoms with Gasteiger partial charge in [-0.25, -0.2) is 8.78 Å². The largest absolute Gasteiger partial charge is 0.388 e. The molecule has 1 aromatic heterocycles. The van der Waals surface area contributed by atoms with Crippen molar-refractivity contribution in [2.45, 2.75) is 11.3 Å². The molecule has 1 aromatic carbocycles. The number of halogens is 2. The first-order valence-corrected chi connectivity index (χ1v) is 8.26. The summed E-state index contributed by atoms with van der Waals surface area (Å²) in [6.45, 7) is -0.796. The number of thioether (sulfide) groups is 1. The van der Waals surface area contributed by atoms with Crippen LogP contribution < -0.4 is 0 Å². The van der Waals surface area contributed by atoms with Gasteiger partial charge in [-0.3, -0.25) is 4.79 Å². The van der Waals surface area contributed by atoms with E-state index < -0.39 is 24.0 Å². The zero-order valence-corrected chi connectivity index (χ0v) is 13.3. The molecule has 2 aromatic rings. The molecular weight excluding hydrogens is 342 g/mol. The molecule has 0 unspecified atom stereocenters. The summed E-state index contributed by atoms with van der Waals surface area (Å²) in [6.07, 6.45) is 0.404. The van der Waals surface area contributed by atoms with Gasteiger partial charge >= 0.3 is 0 Å². The number of aliphatic hydroxyl groups excluding tert-OH is 1. The smallest absolute Gasteiger partial charge is 0.188 e. The average molecular weight is 352 g/mol. The second kappa shape index (κ2) is 6.69. The van der Waals surface area contributed by atoms with Crippen LogP contribution in [0.4, 0.5) is 8.78 Å². The Labute approximate surface area is 138 Å². The van der Waals surface area contributed by atoms with Crippen LogP contribution in [0.5, 0.6) is 0 Å². The Bertz CT molecular complexity index is 794. The Morgan fingerprint density at radius 1 is 1.30 bits per heavy atom. The molecule has 0 atom stereocenters. The molecule has 1 N–H and O–H groups in total. The summed E-state index contributed by atoms with van der Waals surface area (Å²) in [4.78, 5) is 12.0. The summed E-state index contributed by atoms with van der Waals surface area (Å²) in [7, 11) is 0.